The molecule has 6 heteroatoms. The van der Waals surface area contributed by atoms with Crippen LogP contribution in [0.4, 0.5) is 0 Å². The fraction of sp³-hybridized carbons (Fsp3) is 0.0769. The largest absolute Gasteiger partial charge is 0.497 e. The van der Waals surface area contributed by atoms with Gasteiger partial charge in [-0.25, -0.2) is 0 Å². The van der Waals surface area contributed by atoms with Crippen LogP contribution >= 0.6 is 24.0 Å². The van der Waals surface area contributed by atoms with E-state index in [0.29, 0.717) is 5.16 Å². The summed E-state index contributed by atoms with van der Waals surface area (Å²) in [7, 11) is 1.65. The van der Waals surface area contributed by atoms with E-state index in [4.69, 9.17) is 4.74 Å². The summed E-state index contributed by atoms with van der Waals surface area (Å²) in [5.41, 5.74) is 0.958. The molecule has 0 fully saturated rings. The summed E-state index contributed by atoms with van der Waals surface area (Å²) in [4.78, 5) is 1.06. The minimum Gasteiger partial charge on any atom is -0.497 e. The monoisotopic (exact) mass is 289 g/mol. The number of thiophene rings is 1. The number of rotatable bonds is 3. The molecule has 0 aliphatic carbocycles. The van der Waals surface area contributed by atoms with Crippen LogP contribution in [0.1, 0.15) is 0 Å². The Morgan fingerprint density at radius 2 is 1.95 bits per heavy atom. The molecule has 0 saturated carbocycles. The third-order valence-electron chi connectivity index (χ3n) is 2.72. The summed E-state index contributed by atoms with van der Waals surface area (Å²) >= 11 is 6.00. The summed E-state index contributed by atoms with van der Waals surface area (Å²) in [5, 5.41) is 10.8. The molecule has 0 unspecified atom stereocenters. The Balaban J connectivity index is 2.11. The predicted octanol–water partition coefficient (Wildman–Crippen LogP) is 3.29. The fourth-order valence-electron chi connectivity index (χ4n) is 1.81. The van der Waals surface area contributed by atoms with E-state index in [1.165, 1.54) is 0 Å². The Morgan fingerprint density at radius 1 is 1.16 bits per heavy atom. The molecule has 3 aromatic rings. The molecule has 0 bridgehead atoms. The number of hydrogen-bond acceptors (Lipinski definition) is 5. The summed E-state index contributed by atoms with van der Waals surface area (Å²) < 4.78 is 7.07. The maximum Gasteiger partial charge on any atom is 0.193 e. The van der Waals surface area contributed by atoms with Crippen molar-refractivity contribution in [1.82, 2.24) is 14.8 Å². The Hall–Kier alpha value is -1.79. The molecule has 4 nitrogen and oxygen atoms in total. The molecule has 0 atom stereocenters. The minimum atomic E-state index is 0.563. The molecule has 0 aliphatic heterocycles. The van der Waals surface area contributed by atoms with E-state index in [9.17, 15) is 0 Å². The average Bonchev–Trinajstić information content (AvgIpc) is 3.08. The smallest absolute Gasteiger partial charge is 0.193 e. The molecule has 0 N–H and O–H groups in total. The van der Waals surface area contributed by atoms with Crippen LogP contribution in [0.3, 0.4) is 0 Å². The highest BCUT2D eigenvalue weighted by molar-refractivity contribution is 7.80. The van der Waals surface area contributed by atoms with Crippen LogP contribution in [0.2, 0.25) is 0 Å². The molecule has 0 amide bonds. The van der Waals surface area contributed by atoms with Gasteiger partial charge in [-0.1, -0.05) is 6.07 Å². The first-order chi connectivity index (χ1) is 9.29. The zero-order chi connectivity index (χ0) is 13.2. The highest BCUT2D eigenvalue weighted by Gasteiger charge is 2.13. The van der Waals surface area contributed by atoms with Gasteiger partial charge in [0.2, 0.25) is 0 Å². The maximum absolute atomic E-state index is 5.16. The summed E-state index contributed by atoms with van der Waals surface area (Å²) in [6.07, 6.45) is 0. The van der Waals surface area contributed by atoms with Crippen molar-refractivity contribution in [3.05, 3.63) is 41.8 Å². The van der Waals surface area contributed by atoms with E-state index in [-0.39, 0.29) is 0 Å². The van der Waals surface area contributed by atoms with Gasteiger partial charge in [0.05, 0.1) is 17.7 Å². The average molecular weight is 289 g/mol. The lowest BCUT2D eigenvalue weighted by atomic mass is 10.3. The van der Waals surface area contributed by atoms with Crippen molar-refractivity contribution in [2.24, 2.45) is 0 Å². The molecule has 1 aromatic carbocycles. The molecule has 2 aromatic heterocycles. The summed E-state index contributed by atoms with van der Waals surface area (Å²) in [6, 6.07) is 11.7. The standard InChI is InChI=1S/C13H11N3OS2/c1-17-10-6-4-9(5-7-10)16-12(14-15-13(16)18)11-3-2-8-19-11/h2-8H,1H3,(H,15,18). The van der Waals surface area contributed by atoms with Gasteiger partial charge in [-0.2, -0.15) is 0 Å². The van der Waals surface area contributed by atoms with E-state index >= 15 is 0 Å². The van der Waals surface area contributed by atoms with Crippen LogP contribution in [0.5, 0.6) is 5.75 Å². The third-order valence-corrected chi connectivity index (χ3v) is 3.87. The van der Waals surface area contributed by atoms with Crippen molar-refractivity contribution < 1.29 is 4.74 Å². The first-order valence-corrected chi connectivity index (χ1v) is 6.95. The van der Waals surface area contributed by atoms with Gasteiger partial charge in [0.25, 0.3) is 0 Å². The van der Waals surface area contributed by atoms with E-state index in [1.807, 2.05) is 46.3 Å². The topological polar surface area (TPSA) is 39.9 Å². The molecule has 19 heavy (non-hydrogen) atoms. The number of ether oxygens (including phenoxy) is 1. The molecule has 0 aliphatic rings. The SMILES string of the molecule is COc1ccc(-n2c(S)nnc2-c2cccs2)cc1. The molecule has 2 heterocycles. The zero-order valence-electron chi connectivity index (χ0n) is 10.1. The van der Waals surface area contributed by atoms with Crippen LogP contribution < -0.4 is 4.74 Å². The van der Waals surface area contributed by atoms with Gasteiger partial charge < -0.3 is 4.74 Å². The van der Waals surface area contributed by atoms with Gasteiger partial charge in [0, 0.05) is 0 Å². The highest BCUT2D eigenvalue weighted by atomic mass is 32.1. The van der Waals surface area contributed by atoms with E-state index < -0.39 is 0 Å². The van der Waals surface area contributed by atoms with Crippen LogP contribution in [0.15, 0.2) is 46.9 Å². The second-order valence-electron chi connectivity index (χ2n) is 3.83. The number of thiol groups is 1. The molecular formula is C13H11N3OS2. The van der Waals surface area contributed by atoms with Gasteiger partial charge >= 0.3 is 0 Å². The van der Waals surface area contributed by atoms with Crippen LogP contribution in [0.25, 0.3) is 16.4 Å². The Labute approximate surface area is 120 Å². The number of aromatic nitrogens is 3. The quantitative estimate of drug-likeness (QED) is 0.752. The second kappa shape index (κ2) is 5.07. The Morgan fingerprint density at radius 3 is 2.58 bits per heavy atom. The van der Waals surface area contributed by atoms with Gasteiger partial charge in [0.15, 0.2) is 11.0 Å². The van der Waals surface area contributed by atoms with Crippen molar-refractivity contribution in [2.75, 3.05) is 7.11 Å². The lowest BCUT2D eigenvalue weighted by Crippen LogP contribution is -1.97. The number of benzene rings is 1. The summed E-state index contributed by atoms with van der Waals surface area (Å²) in [6.45, 7) is 0. The fourth-order valence-corrected chi connectivity index (χ4v) is 2.76. The normalized spacial score (nSPS) is 10.6. The number of hydrogen-bond donors (Lipinski definition) is 1. The van der Waals surface area contributed by atoms with Gasteiger partial charge in [-0.15, -0.1) is 34.2 Å². The molecule has 3 rings (SSSR count). The first-order valence-electron chi connectivity index (χ1n) is 5.62. The van der Waals surface area contributed by atoms with Crippen LogP contribution in [0, 0.1) is 0 Å². The van der Waals surface area contributed by atoms with Crippen molar-refractivity contribution in [3.63, 3.8) is 0 Å². The zero-order valence-corrected chi connectivity index (χ0v) is 11.9. The number of nitrogens with zero attached hydrogens (tertiary/aromatic N) is 3. The van der Waals surface area contributed by atoms with Gasteiger partial charge in [0.1, 0.15) is 5.75 Å². The third kappa shape index (κ3) is 2.24. The van der Waals surface area contributed by atoms with E-state index in [1.54, 1.807) is 18.4 Å². The molecule has 96 valence electrons. The van der Waals surface area contributed by atoms with Crippen molar-refractivity contribution in [2.45, 2.75) is 5.16 Å². The predicted molar refractivity (Wildman–Crippen MR) is 78.5 cm³/mol. The van der Waals surface area contributed by atoms with Crippen LogP contribution in [-0.4, -0.2) is 21.9 Å². The van der Waals surface area contributed by atoms with E-state index in [2.05, 4.69) is 22.8 Å². The molecule has 0 saturated heterocycles. The highest BCUT2D eigenvalue weighted by Crippen LogP contribution is 2.28. The van der Waals surface area contributed by atoms with Crippen LogP contribution in [-0.2, 0) is 0 Å². The van der Waals surface area contributed by atoms with E-state index in [0.717, 1.165) is 22.1 Å². The lowest BCUT2D eigenvalue weighted by molar-refractivity contribution is 0.414. The van der Waals surface area contributed by atoms with Crippen molar-refractivity contribution in [1.29, 1.82) is 0 Å². The van der Waals surface area contributed by atoms with Crippen molar-refractivity contribution in [3.8, 4) is 22.1 Å². The van der Waals surface area contributed by atoms with Crippen molar-refractivity contribution >= 4 is 24.0 Å². The Bertz CT molecular complexity index is 674. The first kappa shape index (κ1) is 12.3. The number of methoxy groups -OCH3 is 1. The maximum atomic E-state index is 5.16. The van der Waals surface area contributed by atoms with Gasteiger partial charge in [-0.05, 0) is 35.7 Å². The molecule has 0 spiro atoms. The summed E-state index contributed by atoms with van der Waals surface area (Å²) in [5.74, 6) is 1.61. The lowest BCUT2D eigenvalue weighted by Gasteiger charge is -2.08. The molecular weight excluding hydrogens is 278 g/mol. The minimum absolute atomic E-state index is 0.563. The second-order valence-corrected chi connectivity index (χ2v) is 5.18. The molecule has 0 radical (unpaired) electrons. The Kier molecular flexibility index (Phi) is 3.27. The van der Waals surface area contributed by atoms with Gasteiger partial charge in [-0.3, -0.25) is 4.57 Å².